The third kappa shape index (κ3) is 3.19. The van der Waals surface area contributed by atoms with Crippen LogP contribution in [0.15, 0.2) is 0 Å². The quantitative estimate of drug-likeness (QED) is 0.432. The van der Waals surface area contributed by atoms with Crippen LogP contribution in [0.2, 0.25) is 0 Å². The third-order valence-corrected chi connectivity index (χ3v) is 3.60. The molecule has 0 spiro atoms. The third-order valence-electron chi connectivity index (χ3n) is 3.60. The highest BCUT2D eigenvalue weighted by atomic mass is 16.2. The van der Waals surface area contributed by atoms with Gasteiger partial charge in [-0.25, -0.2) is 5.84 Å². The molecule has 1 rings (SSSR count). The molecule has 3 N–H and O–H groups in total. The van der Waals surface area contributed by atoms with Gasteiger partial charge in [0, 0.05) is 6.04 Å². The van der Waals surface area contributed by atoms with Gasteiger partial charge in [0.15, 0.2) is 0 Å². The monoisotopic (exact) mass is 227 g/mol. The van der Waals surface area contributed by atoms with E-state index in [1.165, 1.54) is 12.8 Å². The van der Waals surface area contributed by atoms with Gasteiger partial charge in [0.25, 0.3) is 5.91 Å². The summed E-state index contributed by atoms with van der Waals surface area (Å²) in [5.41, 5.74) is 2.30. The highest BCUT2D eigenvalue weighted by Crippen LogP contribution is 2.25. The van der Waals surface area contributed by atoms with Crippen molar-refractivity contribution in [1.82, 2.24) is 10.3 Å². The van der Waals surface area contributed by atoms with E-state index in [2.05, 4.69) is 31.1 Å². The summed E-state index contributed by atoms with van der Waals surface area (Å²) < 4.78 is 0. The molecule has 0 aromatic rings. The van der Waals surface area contributed by atoms with E-state index < -0.39 is 0 Å². The van der Waals surface area contributed by atoms with Crippen LogP contribution in [0.4, 0.5) is 0 Å². The van der Waals surface area contributed by atoms with Crippen LogP contribution in [0.3, 0.4) is 0 Å². The number of nitrogens with one attached hydrogen (secondary N) is 1. The summed E-state index contributed by atoms with van der Waals surface area (Å²) in [5.74, 6) is 5.99. The predicted molar refractivity (Wildman–Crippen MR) is 65.6 cm³/mol. The summed E-state index contributed by atoms with van der Waals surface area (Å²) in [6.07, 6.45) is 4.26. The van der Waals surface area contributed by atoms with Gasteiger partial charge in [-0.05, 0) is 38.6 Å². The average molecular weight is 227 g/mol. The van der Waals surface area contributed by atoms with Crippen LogP contribution >= 0.6 is 0 Å². The predicted octanol–water partition coefficient (Wildman–Crippen LogP) is 1.27. The summed E-state index contributed by atoms with van der Waals surface area (Å²) in [6, 6.07) is 0.440. The molecule has 1 fully saturated rings. The molecular formula is C12H25N3O. The summed E-state index contributed by atoms with van der Waals surface area (Å²) in [6.45, 7) is 7.61. The minimum atomic E-state index is -0.0440. The van der Waals surface area contributed by atoms with Crippen LogP contribution < -0.4 is 11.3 Å². The smallest absolute Gasteiger partial charge is 0.251 e. The van der Waals surface area contributed by atoms with E-state index >= 15 is 0 Å². The number of nitrogens with two attached hydrogens (primary N) is 1. The molecule has 4 nitrogen and oxygen atoms in total. The van der Waals surface area contributed by atoms with Crippen molar-refractivity contribution in [2.75, 3.05) is 6.54 Å². The number of rotatable bonds is 4. The number of hydrogen-bond donors (Lipinski definition) is 2. The number of amides is 1. The van der Waals surface area contributed by atoms with E-state index in [9.17, 15) is 4.79 Å². The van der Waals surface area contributed by atoms with E-state index in [0.29, 0.717) is 6.04 Å². The number of nitrogens with zero attached hydrogens (tertiary/aromatic N) is 1. The first kappa shape index (κ1) is 13.5. The molecule has 1 amide bonds. The Kier molecular flexibility index (Phi) is 5.22. The van der Waals surface area contributed by atoms with E-state index in [1.54, 1.807) is 0 Å². The molecule has 1 saturated heterocycles. The number of likely N-dealkylation sites (tertiary alicyclic amines) is 1. The summed E-state index contributed by atoms with van der Waals surface area (Å²) in [7, 11) is 0. The van der Waals surface area contributed by atoms with Crippen LogP contribution in [0.1, 0.15) is 46.5 Å². The Balaban J connectivity index is 2.66. The Morgan fingerprint density at radius 3 is 2.75 bits per heavy atom. The molecule has 1 heterocycles. The first-order valence-corrected chi connectivity index (χ1v) is 6.36. The average Bonchev–Trinajstić information content (AvgIpc) is 2.26. The number of hydrogen-bond acceptors (Lipinski definition) is 3. The number of hydrazine groups is 1. The molecule has 1 aliphatic rings. The van der Waals surface area contributed by atoms with Crippen LogP contribution in [0.25, 0.3) is 0 Å². The lowest BCUT2D eigenvalue weighted by Crippen LogP contribution is -2.54. The van der Waals surface area contributed by atoms with Gasteiger partial charge >= 0.3 is 0 Å². The van der Waals surface area contributed by atoms with Gasteiger partial charge in [-0.15, -0.1) is 0 Å². The zero-order valence-electron chi connectivity index (χ0n) is 10.7. The Bertz CT molecular complexity index is 232. The molecule has 0 aromatic carbocycles. The maximum absolute atomic E-state index is 11.8. The molecule has 4 heteroatoms. The first-order valence-electron chi connectivity index (χ1n) is 6.36. The fourth-order valence-electron chi connectivity index (χ4n) is 2.71. The molecule has 0 saturated carbocycles. The van der Waals surface area contributed by atoms with Gasteiger partial charge in [0.1, 0.15) is 0 Å². The van der Waals surface area contributed by atoms with E-state index in [1.807, 2.05) is 0 Å². The largest absolute Gasteiger partial charge is 0.293 e. The number of carbonyl (C=O) groups is 1. The van der Waals surface area contributed by atoms with Gasteiger partial charge < -0.3 is 0 Å². The van der Waals surface area contributed by atoms with Crippen molar-refractivity contribution in [3.05, 3.63) is 0 Å². The number of carbonyl (C=O) groups excluding carboxylic acids is 1. The summed E-state index contributed by atoms with van der Waals surface area (Å²) in [5, 5.41) is 0. The van der Waals surface area contributed by atoms with Crippen molar-refractivity contribution in [3.8, 4) is 0 Å². The molecule has 0 radical (unpaired) electrons. The van der Waals surface area contributed by atoms with E-state index in [0.717, 1.165) is 25.3 Å². The maximum Gasteiger partial charge on any atom is 0.251 e. The van der Waals surface area contributed by atoms with Crippen molar-refractivity contribution < 1.29 is 4.79 Å². The lowest BCUT2D eigenvalue weighted by molar-refractivity contribution is -0.128. The molecule has 1 aliphatic heterocycles. The molecule has 3 unspecified atom stereocenters. The lowest BCUT2D eigenvalue weighted by Gasteiger charge is -2.40. The molecule has 94 valence electrons. The van der Waals surface area contributed by atoms with Crippen LogP contribution in [-0.4, -0.2) is 29.4 Å². The highest BCUT2D eigenvalue weighted by molar-refractivity contribution is 5.81. The van der Waals surface area contributed by atoms with Crippen molar-refractivity contribution in [3.63, 3.8) is 0 Å². The first-order chi connectivity index (χ1) is 7.60. The van der Waals surface area contributed by atoms with Gasteiger partial charge in [-0.3, -0.25) is 15.1 Å². The van der Waals surface area contributed by atoms with Crippen molar-refractivity contribution in [1.29, 1.82) is 0 Å². The second kappa shape index (κ2) is 6.21. The Labute approximate surface area is 98.5 Å². The zero-order chi connectivity index (χ0) is 12.1. The Morgan fingerprint density at radius 1 is 1.56 bits per heavy atom. The topological polar surface area (TPSA) is 58.4 Å². The SMILES string of the molecule is CCCC(C(=O)NN)N1CCC(C)CC1C. The Morgan fingerprint density at radius 2 is 2.25 bits per heavy atom. The van der Waals surface area contributed by atoms with E-state index in [4.69, 9.17) is 5.84 Å². The van der Waals surface area contributed by atoms with Crippen LogP contribution in [0, 0.1) is 5.92 Å². The van der Waals surface area contributed by atoms with Crippen molar-refractivity contribution >= 4 is 5.91 Å². The van der Waals surface area contributed by atoms with Gasteiger partial charge in [0.2, 0.25) is 0 Å². The lowest BCUT2D eigenvalue weighted by atomic mass is 9.91. The molecule has 3 atom stereocenters. The molecule has 16 heavy (non-hydrogen) atoms. The highest BCUT2D eigenvalue weighted by Gasteiger charge is 2.31. The van der Waals surface area contributed by atoms with Crippen molar-refractivity contribution in [2.24, 2.45) is 11.8 Å². The molecule has 0 aromatic heterocycles. The van der Waals surface area contributed by atoms with Crippen LogP contribution in [-0.2, 0) is 4.79 Å². The molecule has 0 aliphatic carbocycles. The molecular weight excluding hydrogens is 202 g/mol. The van der Waals surface area contributed by atoms with Gasteiger partial charge in [-0.1, -0.05) is 20.3 Å². The maximum atomic E-state index is 11.8. The fraction of sp³-hybridized carbons (Fsp3) is 0.917. The van der Waals surface area contributed by atoms with Gasteiger partial charge in [-0.2, -0.15) is 0 Å². The second-order valence-corrected chi connectivity index (χ2v) is 5.03. The van der Waals surface area contributed by atoms with Crippen molar-refractivity contribution in [2.45, 2.75) is 58.5 Å². The minimum absolute atomic E-state index is 0.0387. The fourth-order valence-corrected chi connectivity index (χ4v) is 2.71. The summed E-state index contributed by atoms with van der Waals surface area (Å²) in [4.78, 5) is 14.1. The normalized spacial score (nSPS) is 28.8. The van der Waals surface area contributed by atoms with Crippen LogP contribution in [0.5, 0.6) is 0 Å². The standard InChI is InChI=1S/C12H25N3O/c1-4-5-11(12(16)14-13)15-7-6-9(2)8-10(15)3/h9-11H,4-8,13H2,1-3H3,(H,14,16). The molecule has 0 bridgehead atoms. The number of piperidine rings is 1. The van der Waals surface area contributed by atoms with E-state index in [-0.39, 0.29) is 11.9 Å². The van der Waals surface area contributed by atoms with Gasteiger partial charge in [0.05, 0.1) is 6.04 Å². The summed E-state index contributed by atoms with van der Waals surface area (Å²) >= 11 is 0. The second-order valence-electron chi connectivity index (χ2n) is 5.03. The minimum Gasteiger partial charge on any atom is -0.293 e. The Hall–Kier alpha value is -0.610. The zero-order valence-corrected chi connectivity index (χ0v) is 10.7.